The molecule has 0 saturated heterocycles. The van der Waals surface area contributed by atoms with E-state index in [1.54, 1.807) is 0 Å². The molecule has 17 heavy (non-hydrogen) atoms. The fraction of sp³-hybridized carbons (Fsp3) is 0.462. The number of anilines is 2. The van der Waals surface area contributed by atoms with Crippen molar-refractivity contribution in [2.24, 2.45) is 0 Å². The van der Waals surface area contributed by atoms with E-state index >= 15 is 0 Å². The van der Waals surface area contributed by atoms with Crippen LogP contribution in [0.5, 0.6) is 0 Å². The number of rotatable bonds is 2. The highest BCUT2D eigenvalue weighted by Crippen LogP contribution is 2.30. The summed E-state index contributed by atoms with van der Waals surface area (Å²) in [7, 11) is 0. The zero-order chi connectivity index (χ0) is 12.4. The quantitative estimate of drug-likeness (QED) is 0.789. The number of nitrogens with two attached hydrogens (primary N) is 1. The molecule has 2 rings (SSSR count). The molecule has 0 bridgehead atoms. The number of nitrogens with zero attached hydrogens (tertiary/aromatic N) is 2. The van der Waals surface area contributed by atoms with Gasteiger partial charge in [0.05, 0.1) is 16.9 Å². The van der Waals surface area contributed by atoms with Crippen LogP contribution in [-0.2, 0) is 0 Å². The fourth-order valence-electron chi connectivity index (χ4n) is 2.33. The predicted molar refractivity (Wildman–Crippen MR) is 70.3 cm³/mol. The third-order valence-corrected chi connectivity index (χ3v) is 3.30. The molecule has 4 nitrogen and oxygen atoms in total. The summed E-state index contributed by atoms with van der Waals surface area (Å²) in [5, 5.41) is 0. The van der Waals surface area contributed by atoms with Crippen LogP contribution in [0.3, 0.4) is 0 Å². The largest absolute Gasteiger partial charge is 0.397 e. The average molecular weight is 233 g/mol. The van der Waals surface area contributed by atoms with E-state index < -0.39 is 0 Å². The average Bonchev–Trinajstić information content (AvgIpc) is 2.48. The van der Waals surface area contributed by atoms with Gasteiger partial charge in [-0.05, 0) is 26.0 Å². The van der Waals surface area contributed by atoms with E-state index in [0.717, 1.165) is 37.4 Å². The van der Waals surface area contributed by atoms with Crippen molar-refractivity contribution in [1.29, 1.82) is 0 Å². The van der Waals surface area contributed by atoms with E-state index in [4.69, 9.17) is 5.73 Å². The van der Waals surface area contributed by atoms with Gasteiger partial charge in [0.2, 0.25) is 0 Å². The minimum absolute atomic E-state index is 0.0887. The Labute approximate surface area is 102 Å². The maximum atomic E-state index is 12.3. The summed E-state index contributed by atoms with van der Waals surface area (Å²) in [5.41, 5.74) is 8.33. The van der Waals surface area contributed by atoms with Gasteiger partial charge in [0.1, 0.15) is 0 Å². The van der Waals surface area contributed by atoms with Gasteiger partial charge >= 0.3 is 0 Å². The molecule has 1 amide bonds. The van der Waals surface area contributed by atoms with Gasteiger partial charge in [0.15, 0.2) is 0 Å². The normalized spacial score (nSPS) is 15.8. The molecule has 1 aliphatic heterocycles. The number of hydrogen-bond acceptors (Lipinski definition) is 3. The van der Waals surface area contributed by atoms with Gasteiger partial charge in [-0.3, -0.25) is 4.79 Å². The summed E-state index contributed by atoms with van der Waals surface area (Å²) in [6.07, 6.45) is 0. The lowest BCUT2D eigenvalue weighted by atomic mass is 10.1. The third kappa shape index (κ3) is 1.95. The predicted octanol–water partition coefficient (Wildman–Crippen LogP) is 1.57. The molecule has 92 valence electrons. The second-order valence-corrected chi connectivity index (χ2v) is 4.21. The number of nitrogen functional groups attached to an aromatic ring is 1. The minimum Gasteiger partial charge on any atom is -0.397 e. The molecular formula is C13H19N3O. The number of amides is 1. The Hall–Kier alpha value is -1.71. The summed E-state index contributed by atoms with van der Waals surface area (Å²) in [6, 6.07) is 5.57. The molecule has 1 heterocycles. The Bertz CT molecular complexity index is 431. The van der Waals surface area contributed by atoms with Crippen LogP contribution >= 0.6 is 0 Å². The van der Waals surface area contributed by atoms with Crippen molar-refractivity contribution < 1.29 is 4.79 Å². The first kappa shape index (κ1) is 11.8. The van der Waals surface area contributed by atoms with Crippen LogP contribution in [0.1, 0.15) is 24.2 Å². The van der Waals surface area contributed by atoms with Crippen LogP contribution in [0.2, 0.25) is 0 Å². The van der Waals surface area contributed by atoms with Gasteiger partial charge in [-0.1, -0.05) is 6.07 Å². The number of carbonyl (C=O) groups excluding carboxylic acids is 1. The van der Waals surface area contributed by atoms with E-state index in [0.29, 0.717) is 5.69 Å². The molecule has 0 saturated carbocycles. The number of fused-ring (bicyclic) bond motifs is 1. The van der Waals surface area contributed by atoms with Gasteiger partial charge in [-0.25, -0.2) is 0 Å². The highest BCUT2D eigenvalue weighted by Gasteiger charge is 2.25. The van der Waals surface area contributed by atoms with Gasteiger partial charge in [0, 0.05) is 26.2 Å². The number of likely N-dealkylation sites (N-methyl/N-ethyl adjacent to an activating group) is 2. The summed E-state index contributed by atoms with van der Waals surface area (Å²) < 4.78 is 0. The Kier molecular flexibility index (Phi) is 3.22. The van der Waals surface area contributed by atoms with Crippen LogP contribution in [-0.4, -0.2) is 37.0 Å². The van der Waals surface area contributed by atoms with E-state index in [1.165, 1.54) is 0 Å². The lowest BCUT2D eigenvalue weighted by Crippen LogP contribution is -2.34. The van der Waals surface area contributed by atoms with Crippen molar-refractivity contribution in [2.75, 3.05) is 36.8 Å². The third-order valence-electron chi connectivity index (χ3n) is 3.30. The Morgan fingerprint density at radius 3 is 2.47 bits per heavy atom. The summed E-state index contributed by atoms with van der Waals surface area (Å²) in [5.74, 6) is 0.0887. The maximum Gasteiger partial charge on any atom is 0.256 e. The van der Waals surface area contributed by atoms with Crippen molar-refractivity contribution in [1.82, 2.24) is 4.90 Å². The molecular weight excluding hydrogens is 214 g/mol. The summed E-state index contributed by atoms with van der Waals surface area (Å²) in [6.45, 7) is 7.30. The van der Waals surface area contributed by atoms with Gasteiger partial charge < -0.3 is 15.5 Å². The standard InChI is InChI=1S/C13H19N3O/c1-3-15-8-9-16(4-2)13(17)10-6-5-7-11(14)12(10)15/h5-7H,3-4,8-9,14H2,1-2H3. The van der Waals surface area contributed by atoms with E-state index in [-0.39, 0.29) is 5.91 Å². The van der Waals surface area contributed by atoms with Crippen molar-refractivity contribution in [3.05, 3.63) is 23.8 Å². The minimum atomic E-state index is 0.0887. The van der Waals surface area contributed by atoms with Crippen molar-refractivity contribution in [3.63, 3.8) is 0 Å². The van der Waals surface area contributed by atoms with Crippen LogP contribution in [0, 0.1) is 0 Å². The van der Waals surface area contributed by atoms with Gasteiger partial charge in [-0.15, -0.1) is 0 Å². The van der Waals surface area contributed by atoms with Crippen LogP contribution in [0.15, 0.2) is 18.2 Å². The molecule has 0 radical (unpaired) electrons. The molecule has 4 heteroatoms. The first-order valence-corrected chi connectivity index (χ1v) is 6.11. The first-order chi connectivity index (χ1) is 8.19. The first-order valence-electron chi connectivity index (χ1n) is 6.11. The lowest BCUT2D eigenvalue weighted by molar-refractivity contribution is 0.0775. The molecule has 2 N–H and O–H groups in total. The molecule has 0 aromatic heterocycles. The molecule has 1 aliphatic rings. The maximum absolute atomic E-state index is 12.3. The highest BCUT2D eigenvalue weighted by molar-refractivity contribution is 6.03. The summed E-state index contributed by atoms with van der Waals surface area (Å²) >= 11 is 0. The number of carbonyl (C=O) groups is 1. The molecule has 0 aliphatic carbocycles. The highest BCUT2D eigenvalue weighted by atomic mass is 16.2. The number of benzene rings is 1. The van der Waals surface area contributed by atoms with Crippen molar-refractivity contribution in [2.45, 2.75) is 13.8 Å². The molecule has 1 aromatic rings. The Morgan fingerprint density at radius 2 is 1.82 bits per heavy atom. The van der Waals surface area contributed by atoms with E-state index in [1.807, 2.05) is 30.0 Å². The lowest BCUT2D eigenvalue weighted by Gasteiger charge is -2.23. The molecule has 0 unspecified atom stereocenters. The van der Waals surface area contributed by atoms with Gasteiger partial charge in [-0.2, -0.15) is 0 Å². The molecule has 0 atom stereocenters. The Balaban J connectivity index is 2.54. The summed E-state index contributed by atoms with van der Waals surface area (Å²) in [4.78, 5) is 16.4. The fourth-order valence-corrected chi connectivity index (χ4v) is 2.33. The number of hydrogen-bond donors (Lipinski definition) is 1. The van der Waals surface area contributed by atoms with Crippen LogP contribution in [0.4, 0.5) is 11.4 Å². The number of para-hydroxylation sites is 1. The van der Waals surface area contributed by atoms with Crippen LogP contribution < -0.4 is 10.6 Å². The van der Waals surface area contributed by atoms with Crippen LogP contribution in [0.25, 0.3) is 0 Å². The van der Waals surface area contributed by atoms with E-state index in [9.17, 15) is 4.79 Å². The molecule has 0 spiro atoms. The van der Waals surface area contributed by atoms with E-state index in [2.05, 4.69) is 11.8 Å². The van der Waals surface area contributed by atoms with Crippen molar-refractivity contribution in [3.8, 4) is 0 Å². The zero-order valence-electron chi connectivity index (χ0n) is 10.4. The topological polar surface area (TPSA) is 49.6 Å². The second-order valence-electron chi connectivity index (χ2n) is 4.21. The SMILES string of the molecule is CCN1CCN(CC)c2c(N)cccc2C1=O. The monoisotopic (exact) mass is 233 g/mol. The molecule has 0 fully saturated rings. The second kappa shape index (κ2) is 4.65. The molecule has 1 aromatic carbocycles. The van der Waals surface area contributed by atoms with Gasteiger partial charge in [0.25, 0.3) is 5.91 Å². The smallest absolute Gasteiger partial charge is 0.256 e. The Morgan fingerprint density at radius 1 is 1.18 bits per heavy atom. The van der Waals surface area contributed by atoms with Crippen molar-refractivity contribution >= 4 is 17.3 Å². The zero-order valence-corrected chi connectivity index (χ0v) is 10.4.